The Bertz CT molecular complexity index is 1150. The first-order valence-corrected chi connectivity index (χ1v) is 12.9. The number of hydrogen-bond donors (Lipinski definition) is 7. The van der Waals surface area contributed by atoms with E-state index in [1.807, 2.05) is 0 Å². The van der Waals surface area contributed by atoms with Crippen LogP contribution in [-0.2, 0) is 31.6 Å². The monoisotopic (exact) mass is 520 g/mol. The van der Waals surface area contributed by atoms with E-state index in [-0.39, 0.29) is 22.8 Å². The third kappa shape index (κ3) is 5.58. The van der Waals surface area contributed by atoms with Crippen LogP contribution in [0.4, 0.5) is 5.82 Å². The Hall–Kier alpha value is -1.36. The van der Waals surface area contributed by atoms with Crippen LogP contribution in [0.3, 0.4) is 0 Å². The maximum absolute atomic E-state index is 11.8. The zero-order valence-electron chi connectivity index (χ0n) is 15.8. The van der Waals surface area contributed by atoms with Crippen LogP contribution in [0.5, 0.6) is 0 Å². The van der Waals surface area contributed by atoms with Crippen molar-refractivity contribution in [1.82, 2.24) is 19.5 Å². The molecule has 1 saturated heterocycles. The van der Waals surface area contributed by atoms with Crippen LogP contribution in [0.15, 0.2) is 6.33 Å². The molecular weight excluding hydrogens is 502 g/mol. The molecule has 2 aromatic rings. The Morgan fingerprint density at radius 1 is 1.09 bits per heavy atom. The van der Waals surface area contributed by atoms with Crippen molar-refractivity contribution < 1.29 is 61.4 Å². The van der Waals surface area contributed by atoms with E-state index >= 15 is 0 Å². The molecule has 1 aliphatic rings. The highest BCUT2D eigenvalue weighted by Crippen LogP contribution is 2.66. The van der Waals surface area contributed by atoms with Crippen molar-refractivity contribution in [1.29, 1.82) is 0 Å². The minimum absolute atomic E-state index is 0.0501. The highest BCUT2D eigenvalue weighted by molar-refractivity contribution is 7.66. The van der Waals surface area contributed by atoms with E-state index in [4.69, 9.17) is 25.2 Å². The minimum atomic E-state index is -5.71. The summed E-state index contributed by atoms with van der Waals surface area (Å²) in [6, 6.07) is 0. The molecule has 32 heavy (non-hydrogen) atoms. The minimum Gasteiger partial charge on any atom is -0.387 e. The second-order valence-electron chi connectivity index (χ2n) is 6.39. The average Bonchev–Trinajstić information content (AvgIpc) is 3.08. The summed E-state index contributed by atoms with van der Waals surface area (Å²) in [6.07, 6.45) is -4.89. The van der Waals surface area contributed by atoms with Gasteiger partial charge in [-0.15, -0.1) is 0 Å². The number of phosphoric ester groups is 1. The fourth-order valence-corrected chi connectivity index (χ4v) is 5.92. The molecule has 8 N–H and O–H groups in total. The standard InChI is InChI=1S/C11H18N5O13P3/c1-4-15-6-9(12)13-3-14-10(6)16(4)11-8(18)7(17)5(27-11)2-26-31(22,23)29-32(24,25)28-30(19,20)21/h3,5,7-8,11,17-18H,2H2,1H3,(H,22,23)(H,24,25)(H2,12,13,14)(H2,19,20,21)/t5-,7-,8-,11-/m1/s1/i1-1. The van der Waals surface area contributed by atoms with Gasteiger partial charge in [0.1, 0.15) is 30.5 Å². The van der Waals surface area contributed by atoms with Crippen LogP contribution >= 0.6 is 23.5 Å². The third-order valence-electron chi connectivity index (χ3n) is 4.09. The van der Waals surface area contributed by atoms with E-state index in [2.05, 4.69) is 28.1 Å². The molecule has 1 fully saturated rings. The molecule has 180 valence electrons. The SMILES string of the molecule is [11CH3]c1nc2c(N)ncnc2n1[C@@H]1O[C@H](COP(=O)(O)OP(=O)(O)OP(=O)(O)O)[C@@H](O)[C@H]1O. The zero-order valence-corrected chi connectivity index (χ0v) is 18.5. The molecule has 21 heteroatoms. The van der Waals surface area contributed by atoms with E-state index in [0.717, 1.165) is 6.33 Å². The fraction of sp³-hybridized carbons (Fsp3) is 0.545. The second kappa shape index (κ2) is 8.77. The number of aromatic nitrogens is 4. The number of nitrogen functional groups attached to an aromatic ring is 1. The normalized spacial score (nSPS) is 28.0. The molecular formula is C11H18N5O13P3. The van der Waals surface area contributed by atoms with Gasteiger partial charge in [0, 0.05) is 0 Å². The van der Waals surface area contributed by atoms with Crippen molar-refractivity contribution in [3.05, 3.63) is 12.2 Å². The van der Waals surface area contributed by atoms with Gasteiger partial charge in [-0.25, -0.2) is 28.6 Å². The van der Waals surface area contributed by atoms with Gasteiger partial charge in [-0.1, -0.05) is 0 Å². The van der Waals surface area contributed by atoms with Crippen molar-refractivity contribution in [3.63, 3.8) is 0 Å². The lowest BCUT2D eigenvalue weighted by Crippen LogP contribution is -2.33. The number of rotatable bonds is 8. The number of aliphatic hydroxyl groups is 2. The van der Waals surface area contributed by atoms with Gasteiger partial charge in [0.25, 0.3) is 0 Å². The number of hydrogen-bond acceptors (Lipinski definition) is 13. The van der Waals surface area contributed by atoms with Gasteiger partial charge >= 0.3 is 23.5 Å². The highest BCUT2D eigenvalue weighted by Gasteiger charge is 2.47. The summed E-state index contributed by atoms with van der Waals surface area (Å²) in [4.78, 5) is 47.7. The number of aliphatic hydroxyl groups excluding tert-OH is 2. The molecule has 0 saturated carbocycles. The molecule has 0 bridgehead atoms. The van der Waals surface area contributed by atoms with Gasteiger partial charge in [-0.3, -0.25) is 9.09 Å². The van der Waals surface area contributed by atoms with Crippen molar-refractivity contribution in [2.75, 3.05) is 12.3 Å². The largest absolute Gasteiger partial charge is 0.490 e. The number of phosphoric acid groups is 3. The summed E-state index contributed by atoms with van der Waals surface area (Å²) in [5.74, 6) is 0.325. The quantitative estimate of drug-likeness (QED) is 0.199. The molecule has 18 nitrogen and oxygen atoms in total. The Kier molecular flexibility index (Phi) is 6.93. The highest BCUT2D eigenvalue weighted by atomic mass is 31.3. The molecule has 2 unspecified atom stereocenters. The second-order valence-corrected chi connectivity index (χ2v) is 10.8. The van der Waals surface area contributed by atoms with E-state index in [1.165, 1.54) is 11.5 Å². The van der Waals surface area contributed by atoms with Gasteiger partial charge in [0.2, 0.25) is 0 Å². The van der Waals surface area contributed by atoms with Gasteiger partial charge < -0.3 is 40.3 Å². The summed E-state index contributed by atoms with van der Waals surface area (Å²) in [5.41, 5.74) is 6.10. The van der Waals surface area contributed by atoms with E-state index in [0.29, 0.717) is 0 Å². The van der Waals surface area contributed by atoms with Gasteiger partial charge in [0.15, 0.2) is 23.2 Å². The van der Waals surface area contributed by atoms with Crippen LogP contribution in [-0.4, -0.2) is 74.2 Å². The molecule has 0 aliphatic carbocycles. The zero-order chi connectivity index (χ0) is 24.1. The average molecular weight is 520 g/mol. The Morgan fingerprint density at radius 2 is 1.75 bits per heavy atom. The molecule has 6 atom stereocenters. The first-order chi connectivity index (χ1) is 14.6. The number of aryl methyl sites for hydroxylation is 1. The number of anilines is 1. The molecule has 3 heterocycles. The number of fused-ring (bicyclic) bond motifs is 1. The Balaban J connectivity index is 1.73. The van der Waals surface area contributed by atoms with Crippen LogP contribution in [0.1, 0.15) is 12.1 Å². The molecule has 1 aliphatic heterocycles. The van der Waals surface area contributed by atoms with Crippen LogP contribution in [0, 0.1) is 6.92 Å². The summed E-state index contributed by atoms with van der Waals surface area (Å²) < 4.78 is 52.2. The molecule has 3 rings (SSSR count). The topological polar surface area (TPSA) is 279 Å². The molecule has 0 radical (unpaired) electrons. The molecule has 2 aromatic heterocycles. The molecule has 0 aromatic carbocycles. The summed E-state index contributed by atoms with van der Waals surface area (Å²) >= 11 is 0. The summed E-state index contributed by atoms with van der Waals surface area (Å²) in [7, 11) is -16.7. The van der Waals surface area contributed by atoms with Crippen molar-refractivity contribution >= 4 is 40.4 Å². The molecule has 0 amide bonds. The number of nitrogens with two attached hydrogens (primary N) is 1. The maximum atomic E-state index is 11.8. The lowest BCUT2D eigenvalue weighted by atomic mass is 10.1. The van der Waals surface area contributed by atoms with Gasteiger partial charge in [0.05, 0.1) is 6.61 Å². The van der Waals surface area contributed by atoms with Crippen LogP contribution in [0.25, 0.3) is 11.2 Å². The van der Waals surface area contributed by atoms with Crippen molar-refractivity contribution in [2.24, 2.45) is 0 Å². The third-order valence-corrected chi connectivity index (χ3v) is 7.89. The number of imidazole rings is 1. The first kappa shape index (κ1) is 25.3. The Labute approximate surface area is 178 Å². The predicted octanol–water partition coefficient (Wildman–Crippen LogP) is -1.32. The smallest absolute Gasteiger partial charge is 0.387 e. The van der Waals surface area contributed by atoms with Crippen LogP contribution < -0.4 is 5.73 Å². The molecule has 0 spiro atoms. The maximum Gasteiger partial charge on any atom is 0.490 e. The van der Waals surface area contributed by atoms with Crippen LogP contribution in [0.2, 0.25) is 0 Å². The number of nitrogens with zero attached hydrogens (tertiary/aromatic N) is 4. The van der Waals surface area contributed by atoms with Gasteiger partial charge in [-0.05, 0) is 6.92 Å². The lowest BCUT2D eigenvalue weighted by Gasteiger charge is -2.19. The summed E-state index contributed by atoms with van der Waals surface area (Å²) in [5, 5.41) is 20.6. The fourth-order valence-electron chi connectivity index (χ4n) is 2.89. The van der Waals surface area contributed by atoms with E-state index in [9.17, 15) is 28.8 Å². The first-order valence-electron chi connectivity index (χ1n) is 8.35. The van der Waals surface area contributed by atoms with Gasteiger partial charge in [-0.2, -0.15) is 8.62 Å². The van der Waals surface area contributed by atoms with Crippen molar-refractivity contribution in [2.45, 2.75) is 31.5 Å². The predicted molar refractivity (Wildman–Crippen MR) is 100 cm³/mol. The summed E-state index contributed by atoms with van der Waals surface area (Å²) in [6.45, 7) is 0.574. The van der Waals surface area contributed by atoms with E-state index in [1.54, 1.807) is 0 Å². The number of ether oxygens (including phenoxy) is 1. The van der Waals surface area contributed by atoms with E-state index < -0.39 is 54.6 Å². The van der Waals surface area contributed by atoms with Crippen molar-refractivity contribution in [3.8, 4) is 0 Å². The lowest BCUT2D eigenvalue weighted by molar-refractivity contribution is -0.0511. The Morgan fingerprint density at radius 3 is 2.38 bits per heavy atom.